The third kappa shape index (κ3) is 3.85. The van der Waals surface area contributed by atoms with Crippen molar-refractivity contribution in [3.8, 4) is 5.75 Å². The quantitative estimate of drug-likeness (QED) is 0.636. The van der Waals surface area contributed by atoms with Gasteiger partial charge in [-0.1, -0.05) is 18.2 Å². The number of carbonyl (C=O) groups is 1. The maximum atomic E-state index is 12.3. The van der Waals surface area contributed by atoms with Crippen molar-refractivity contribution in [3.63, 3.8) is 0 Å². The lowest BCUT2D eigenvalue weighted by Crippen LogP contribution is -2.30. The summed E-state index contributed by atoms with van der Waals surface area (Å²) in [7, 11) is 0. The van der Waals surface area contributed by atoms with Gasteiger partial charge in [0.1, 0.15) is 11.3 Å². The number of nitrogens with zero attached hydrogens (tertiary/aromatic N) is 1. The number of benzene rings is 2. The topological polar surface area (TPSA) is 42.7 Å². The van der Waals surface area contributed by atoms with E-state index in [2.05, 4.69) is 6.07 Å². The Labute approximate surface area is 148 Å². The molecule has 2 aromatic carbocycles. The molecule has 0 saturated heterocycles. The normalized spacial score (nSPS) is 10.8. The molecule has 1 amide bonds. The smallest absolute Gasteiger partial charge is 0.253 e. The summed E-state index contributed by atoms with van der Waals surface area (Å²) < 4.78 is 11.4. The molecule has 0 aliphatic heterocycles. The molecule has 3 aromatic rings. The number of amides is 1. The van der Waals surface area contributed by atoms with Gasteiger partial charge in [0.2, 0.25) is 0 Å². The number of carbonyl (C=O) groups excluding carboxylic acids is 1. The molecule has 0 bridgehead atoms. The molecule has 0 fully saturated rings. The summed E-state index contributed by atoms with van der Waals surface area (Å²) >= 11 is 0. The Hall–Kier alpha value is -2.75. The van der Waals surface area contributed by atoms with Crippen LogP contribution in [-0.2, 0) is 6.42 Å². The second-order valence-corrected chi connectivity index (χ2v) is 5.86. The Morgan fingerprint density at radius 1 is 1.04 bits per heavy atom. The molecule has 4 nitrogen and oxygen atoms in total. The van der Waals surface area contributed by atoms with Crippen LogP contribution in [0, 0.1) is 0 Å². The molecule has 0 radical (unpaired) electrons. The number of rotatable bonds is 7. The number of para-hydroxylation sites is 1. The minimum absolute atomic E-state index is 0.0565. The Balaban J connectivity index is 1.59. The number of ether oxygens (including phenoxy) is 1. The standard InChI is InChI=1S/C21H23NO3/c1-3-22(4-2)21(23)18-8-10-19(11-9-18)24-14-12-16-6-5-7-17-13-15-25-20(16)17/h5-11,13,15H,3-4,12,14H2,1-2H3. The van der Waals surface area contributed by atoms with Crippen LogP contribution in [0.15, 0.2) is 59.2 Å². The highest BCUT2D eigenvalue weighted by Gasteiger charge is 2.12. The van der Waals surface area contributed by atoms with Gasteiger partial charge >= 0.3 is 0 Å². The molecule has 0 N–H and O–H groups in total. The molecule has 130 valence electrons. The molecule has 0 unspecified atom stereocenters. The number of fused-ring (bicyclic) bond motifs is 1. The highest BCUT2D eigenvalue weighted by molar-refractivity contribution is 5.94. The van der Waals surface area contributed by atoms with Crippen LogP contribution in [0.3, 0.4) is 0 Å². The monoisotopic (exact) mass is 337 g/mol. The molecule has 4 heteroatoms. The van der Waals surface area contributed by atoms with E-state index in [-0.39, 0.29) is 5.91 Å². The van der Waals surface area contributed by atoms with Crippen LogP contribution in [0.5, 0.6) is 5.75 Å². The van der Waals surface area contributed by atoms with E-state index >= 15 is 0 Å². The van der Waals surface area contributed by atoms with Gasteiger partial charge in [-0.15, -0.1) is 0 Å². The molecule has 0 saturated carbocycles. The van der Waals surface area contributed by atoms with Gasteiger partial charge in [-0.3, -0.25) is 4.79 Å². The van der Waals surface area contributed by atoms with E-state index in [4.69, 9.17) is 9.15 Å². The Kier molecular flexibility index (Phi) is 5.39. The van der Waals surface area contributed by atoms with Crippen molar-refractivity contribution in [2.75, 3.05) is 19.7 Å². The van der Waals surface area contributed by atoms with Crippen LogP contribution >= 0.6 is 0 Å². The van der Waals surface area contributed by atoms with Crippen molar-refractivity contribution in [2.24, 2.45) is 0 Å². The van der Waals surface area contributed by atoms with E-state index in [1.54, 1.807) is 11.2 Å². The van der Waals surface area contributed by atoms with Crippen LogP contribution in [0.2, 0.25) is 0 Å². The second kappa shape index (κ2) is 7.88. The first-order valence-electron chi connectivity index (χ1n) is 8.70. The van der Waals surface area contributed by atoms with Crippen LogP contribution < -0.4 is 4.74 Å². The number of hydrogen-bond acceptors (Lipinski definition) is 3. The van der Waals surface area contributed by atoms with Crippen molar-refractivity contribution >= 4 is 16.9 Å². The van der Waals surface area contributed by atoms with Gasteiger partial charge in [0, 0.05) is 30.5 Å². The minimum Gasteiger partial charge on any atom is -0.493 e. The average Bonchev–Trinajstić information content (AvgIpc) is 3.13. The zero-order chi connectivity index (χ0) is 17.6. The molecule has 25 heavy (non-hydrogen) atoms. The molecule has 0 spiro atoms. The van der Waals surface area contributed by atoms with Crippen molar-refractivity contribution in [2.45, 2.75) is 20.3 Å². The van der Waals surface area contributed by atoms with E-state index in [0.29, 0.717) is 25.3 Å². The summed E-state index contributed by atoms with van der Waals surface area (Å²) in [5, 5.41) is 1.11. The Morgan fingerprint density at radius 3 is 2.52 bits per heavy atom. The SMILES string of the molecule is CCN(CC)C(=O)c1ccc(OCCc2cccc3ccoc23)cc1. The summed E-state index contributed by atoms with van der Waals surface area (Å²) in [6, 6.07) is 15.4. The molecular formula is C21H23NO3. The van der Waals surface area contributed by atoms with Crippen LogP contribution in [0.25, 0.3) is 11.0 Å². The lowest BCUT2D eigenvalue weighted by molar-refractivity contribution is 0.0773. The Morgan fingerprint density at radius 2 is 1.80 bits per heavy atom. The molecule has 0 atom stereocenters. The number of furan rings is 1. The zero-order valence-corrected chi connectivity index (χ0v) is 14.7. The van der Waals surface area contributed by atoms with Crippen LogP contribution in [0.4, 0.5) is 0 Å². The first-order valence-corrected chi connectivity index (χ1v) is 8.70. The minimum atomic E-state index is 0.0565. The maximum absolute atomic E-state index is 12.3. The lowest BCUT2D eigenvalue weighted by Gasteiger charge is -2.18. The van der Waals surface area contributed by atoms with Gasteiger partial charge in [-0.25, -0.2) is 0 Å². The lowest BCUT2D eigenvalue weighted by atomic mass is 10.1. The molecule has 1 aromatic heterocycles. The second-order valence-electron chi connectivity index (χ2n) is 5.86. The Bertz CT molecular complexity index is 832. The summed E-state index contributed by atoms with van der Waals surface area (Å²) in [5.41, 5.74) is 2.75. The first-order chi connectivity index (χ1) is 12.2. The van der Waals surface area contributed by atoms with Gasteiger partial charge in [-0.2, -0.15) is 0 Å². The van der Waals surface area contributed by atoms with Gasteiger partial charge < -0.3 is 14.1 Å². The molecule has 0 aliphatic rings. The van der Waals surface area contributed by atoms with Crippen LogP contribution in [-0.4, -0.2) is 30.5 Å². The molecular weight excluding hydrogens is 314 g/mol. The van der Waals surface area contributed by atoms with E-state index in [1.165, 1.54) is 0 Å². The summed E-state index contributed by atoms with van der Waals surface area (Å²) in [4.78, 5) is 14.1. The predicted molar refractivity (Wildman–Crippen MR) is 99.1 cm³/mol. The molecule has 3 rings (SSSR count). The number of hydrogen-bond donors (Lipinski definition) is 0. The fraction of sp³-hybridized carbons (Fsp3) is 0.286. The van der Waals surface area contributed by atoms with Gasteiger partial charge in [0.25, 0.3) is 5.91 Å². The molecule has 0 aliphatic carbocycles. The van der Waals surface area contributed by atoms with E-state index in [0.717, 1.165) is 28.7 Å². The van der Waals surface area contributed by atoms with Crippen molar-refractivity contribution in [3.05, 3.63) is 65.9 Å². The highest BCUT2D eigenvalue weighted by Crippen LogP contribution is 2.21. The van der Waals surface area contributed by atoms with E-state index in [9.17, 15) is 4.79 Å². The first kappa shape index (κ1) is 17.1. The van der Waals surface area contributed by atoms with Crippen molar-refractivity contribution < 1.29 is 13.9 Å². The third-order valence-electron chi connectivity index (χ3n) is 4.35. The van der Waals surface area contributed by atoms with Gasteiger partial charge in [0.05, 0.1) is 12.9 Å². The molecule has 1 heterocycles. The fourth-order valence-electron chi connectivity index (χ4n) is 2.92. The summed E-state index contributed by atoms with van der Waals surface area (Å²) in [6.45, 7) is 5.96. The zero-order valence-electron chi connectivity index (χ0n) is 14.7. The van der Waals surface area contributed by atoms with Crippen molar-refractivity contribution in [1.29, 1.82) is 0 Å². The summed E-state index contributed by atoms with van der Waals surface area (Å²) in [5.74, 6) is 0.823. The van der Waals surface area contributed by atoms with E-state index in [1.807, 2.05) is 56.3 Å². The van der Waals surface area contributed by atoms with E-state index < -0.39 is 0 Å². The van der Waals surface area contributed by atoms with Crippen molar-refractivity contribution in [1.82, 2.24) is 4.90 Å². The average molecular weight is 337 g/mol. The largest absolute Gasteiger partial charge is 0.493 e. The third-order valence-corrected chi connectivity index (χ3v) is 4.35. The van der Waals surface area contributed by atoms with Gasteiger partial charge in [-0.05, 0) is 49.7 Å². The fourth-order valence-corrected chi connectivity index (χ4v) is 2.92. The highest BCUT2D eigenvalue weighted by atomic mass is 16.5. The van der Waals surface area contributed by atoms with Crippen LogP contribution in [0.1, 0.15) is 29.8 Å². The summed E-state index contributed by atoms with van der Waals surface area (Å²) in [6.07, 6.45) is 2.48. The van der Waals surface area contributed by atoms with Gasteiger partial charge in [0.15, 0.2) is 0 Å². The predicted octanol–water partition coefficient (Wildman–Crippen LogP) is 4.54. The maximum Gasteiger partial charge on any atom is 0.253 e.